The van der Waals surface area contributed by atoms with Crippen LogP contribution in [0.1, 0.15) is 39.3 Å². The van der Waals surface area contributed by atoms with Gasteiger partial charge in [0.15, 0.2) is 0 Å². The molecule has 0 spiro atoms. The average molecular weight is 386 g/mol. The van der Waals surface area contributed by atoms with Gasteiger partial charge in [0.1, 0.15) is 0 Å². The van der Waals surface area contributed by atoms with E-state index in [0.29, 0.717) is 35.9 Å². The smallest absolute Gasteiger partial charge is 0.248 e. The van der Waals surface area contributed by atoms with E-state index < -0.39 is 0 Å². The second kappa shape index (κ2) is 9.55. The molecule has 0 saturated carbocycles. The number of aromatic nitrogens is 1. The monoisotopic (exact) mass is 385 g/mol. The van der Waals surface area contributed by atoms with Gasteiger partial charge in [0.2, 0.25) is 11.8 Å². The Morgan fingerprint density at radius 3 is 2.89 bits per heavy atom. The topological polar surface area (TPSA) is 75.1 Å². The van der Waals surface area contributed by atoms with Crippen LogP contribution in [-0.2, 0) is 11.3 Å². The molecule has 144 valence electrons. The van der Waals surface area contributed by atoms with E-state index >= 15 is 0 Å². The molecule has 1 aliphatic carbocycles. The standard InChI is InChI=1S/C21H27N3O2S/c1-13(2)27-20-15(4)14(3)9-10-17(18(20)11-22)21(25)23-12-16-7-6-8-19(24-16)26-5/h6-8,11,14,22H,1,9-10,12H2,2-5H3,(H,23,25). The summed E-state index contributed by atoms with van der Waals surface area (Å²) in [6.07, 6.45) is 2.82. The number of hydrogen-bond acceptors (Lipinski definition) is 5. The van der Waals surface area contributed by atoms with Gasteiger partial charge in [-0.15, -0.1) is 0 Å². The van der Waals surface area contributed by atoms with Crippen molar-refractivity contribution in [3.63, 3.8) is 0 Å². The quantitative estimate of drug-likeness (QED) is 0.672. The van der Waals surface area contributed by atoms with Crippen LogP contribution in [0.3, 0.4) is 0 Å². The van der Waals surface area contributed by atoms with Crippen molar-refractivity contribution in [2.45, 2.75) is 40.2 Å². The number of carbonyl (C=O) groups excluding carboxylic acids is 1. The lowest BCUT2D eigenvalue weighted by Gasteiger charge is -2.15. The van der Waals surface area contributed by atoms with Crippen molar-refractivity contribution in [1.29, 1.82) is 5.41 Å². The summed E-state index contributed by atoms with van der Waals surface area (Å²) >= 11 is 1.54. The highest BCUT2D eigenvalue weighted by atomic mass is 32.2. The van der Waals surface area contributed by atoms with Crippen LogP contribution in [0.15, 0.2) is 51.3 Å². The van der Waals surface area contributed by atoms with Gasteiger partial charge in [-0.3, -0.25) is 4.79 Å². The zero-order chi connectivity index (χ0) is 20.0. The van der Waals surface area contributed by atoms with Gasteiger partial charge in [0, 0.05) is 28.3 Å². The van der Waals surface area contributed by atoms with Crippen molar-refractivity contribution >= 4 is 23.9 Å². The highest BCUT2D eigenvalue weighted by molar-refractivity contribution is 8.07. The maximum Gasteiger partial charge on any atom is 0.248 e. The van der Waals surface area contributed by atoms with Gasteiger partial charge < -0.3 is 15.5 Å². The molecule has 2 N–H and O–H groups in total. The minimum atomic E-state index is -0.153. The molecule has 1 amide bonds. The fourth-order valence-electron chi connectivity index (χ4n) is 2.93. The first-order valence-electron chi connectivity index (χ1n) is 8.93. The van der Waals surface area contributed by atoms with E-state index in [1.54, 1.807) is 24.9 Å². The molecule has 0 aromatic carbocycles. The molecule has 1 heterocycles. The molecule has 0 aliphatic heterocycles. The molecule has 27 heavy (non-hydrogen) atoms. The Hall–Kier alpha value is -2.34. The van der Waals surface area contributed by atoms with Crippen molar-refractivity contribution < 1.29 is 9.53 Å². The number of carbonyl (C=O) groups is 1. The van der Waals surface area contributed by atoms with Gasteiger partial charge >= 0.3 is 0 Å². The van der Waals surface area contributed by atoms with E-state index in [9.17, 15) is 4.79 Å². The Morgan fingerprint density at radius 2 is 2.26 bits per heavy atom. The molecule has 0 fully saturated rings. The zero-order valence-electron chi connectivity index (χ0n) is 16.4. The van der Waals surface area contributed by atoms with Gasteiger partial charge in [-0.05, 0) is 43.6 Å². The summed E-state index contributed by atoms with van der Waals surface area (Å²) in [5, 5.41) is 10.9. The Balaban J connectivity index is 2.28. The molecule has 1 aromatic rings. The first-order valence-corrected chi connectivity index (χ1v) is 9.75. The molecule has 1 unspecified atom stereocenters. The number of nitrogens with zero attached hydrogens (tertiary/aromatic N) is 1. The molecule has 1 aliphatic rings. The highest BCUT2D eigenvalue weighted by Crippen LogP contribution is 2.40. The fourth-order valence-corrected chi connectivity index (χ4v) is 3.93. The molecule has 6 heteroatoms. The summed E-state index contributed by atoms with van der Waals surface area (Å²) in [5.41, 5.74) is 3.28. The van der Waals surface area contributed by atoms with Gasteiger partial charge in [-0.25, -0.2) is 4.98 Å². The van der Waals surface area contributed by atoms with Crippen LogP contribution in [0.25, 0.3) is 0 Å². The average Bonchev–Trinajstić information content (AvgIpc) is 2.77. The SMILES string of the molecule is C=C(C)SC1=C(C)C(C)CCC(C(=O)NCc2cccc(OC)n2)=C1C=N. The summed E-state index contributed by atoms with van der Waals surface area (Å²) in [6.45, 7) is 10.5. The number of pyridine rings is 1. The van der Waals surface area contributed by atoms with E-state index in [4.69, 9.17) is 10.1 Å². The number of nitrogens with one attached hydrogen (secondary N) is 2. The van der Waals surface area contributed by atoms with Crippen LogP contribution in [0.4, 0.5) is 0 Å². The van der Waals surface area contributed by atoms with Crippen molar-refractivity contribution in [3.8, 4) is 5.88 Å². The number of hydrogen-bond donors (Lipinski definition) is 2. The Morgan fingerprint density at radius 1 is 1.52 bits per heavy atom. The lowest BCUT2D eigenvalue weighted by Crippen LogP contribution is -2.26. The molecular weight excluding hydrogens is 358 g/mol. The number of ether oxygens (including phenoxy) is 1. The van der Waals surface area contributed by atoms with Crippen LogP contribution < -0.4 is 10.1 Å². The van der Waals surface area contributed by atoms with Gasteiger partial charge in [-0.1, -0.05) is 36.9 Å². The van der Waals surface area contributed by atoms with Crippen molar-refractivity contribution in [1.82, 2.24) is 10.3 Å². The molecule has 0 saturated heterocycles. The number of amides is 1. The number of thioether (sulfide) groups is 1. The van der Waals surface area contributed by atoms with Crippen molar-refractivity contribution in [2.75, 3.05) is 7.11 Å². The maximum absolute atomic E-state index is 12.9. The lowest BCUT2D eigenvalue weighted by atomic mass is 9.97. The van der Waals surface area contributed by atoms with Gasteiger partial charge in [0.05, 0.1) is 19.3 Å². The van der Waals surface area contributed by atoms with Crippen molar-refractivity contribution in [3.05, 3.63) is 57.0 Å². The third kappa shape index (κ3) is 5.32. The van der Waals surface area contributed by atoms with Crippen LogP contribution >= 0.6 is 11.8 Å². The Labute approximate surface area is 165 Å². The number of methoxy groups -OCH3 is 1. The molecule has 0 bridgehead atoms. The molecular formula is C21H27N3O2S. The highest BCUT2D eigenvalue weighted by Gasteiger charge is 2.25. The van der Waals surface area contributed by atoms with E-state index in [1.165, 1.54) is 11.8 Å². The summed E-state index contributed by atoms with van der Waals surface area (Å²) in [5.74, 6) is 0.718. The minimum Gasteiger partial charge on any atom is -0.481 e. The number of rotatable bonds is 7. The summed E-state index contributed by atoms with van der Waals surface area (Å²) in [4.78, 5) is 19.2. The lowest BCUT2D eigenvalue weighted by molar-refractivity contribution is -0.117. The number of allylic oxidation sites excluding steroid dienone is 3. The first kappa shape index (κ1) is 21.0. The zero-order valence-corrected chi connectivity index (χ0v) is 17.2. The van der Waals surface area contributed by atoms with E-state index in [0.717, 1.165) is 21.9 Å². The Kier molecular flexibility index (Phi) is 7.42. The normalized spacial score (nSPS) is 17.4. The van der Waals surface area contributed by atoms with Crippen LogP contribution in [-0.4, -0.2) is 24.2 Å². The molecule has 0 radical (unpaired) electrons. The van der Waals surface area contributed by atoms with E-state index in [1.807, 2.05) is 19.1 Å². The van der Waals surface area contributed by atoms with Crippen molar-refractivity contribution in [2.24, 2.45) is 5.92 Å². The fraction of sp³-hybridized carbons (Fsp3) is 0.381. The van der Waals surface area contributed by atoms with Gasteiger partial charge in [-0.2, -0.15) is 0 Å². The summed E-state index contributed by atoms with van der Waals surface area (Å²) in [7, 11) is 1.56. The third-order valence-corrected chi connectivity index (χ3v) is 5.70. The van der Waals surface area contributed by atoms with E-state index in [2.05, 4.69) is 30.7 Å². The summed E-state index contributed by atoms with van der Waals surface area (Å²) < 4.78 is 5.12. The van der Waals surface area contributed by atoms with Gasteiger partial charge in [0.25, 0.3) is 0 Å². The van der Waals surface area contributed by atoms with Crippen LogP contribution in [0, 0.1) is 11.3 Å². The Bertz CT molecular complexity index is 811. The summed E-state index contributed by atoms with van der Waals surface area (Å²) in [6, 6.07) is 5.45. The predicted molar refractivity (Wildman–Crippen MR) is 112 cm³/mol. The molecule has 5 nitrogen and oxygen atoms in total. The minimum absolute atomic E-state index is 0.153. The largest absolute Gasteiger partial charge is 0.481 e. The second-order valence-corrected chi connectivity index (χ2v) is 7.96. The molecule has 1 aromatic heterocycles. The third-order valence-electron chi connectivity index (χ3n) is 4.61. The predicted octanol–water partition coefficient (Wildman–Crippen LogP) is 4.62. The first-order chi connectivity index (χ1) is 12.9. The molecule has 1 atom stereocenters. The molecule has 2 rings (SSSR count). The van der Waals surface area contributed by atoms with E-state index in [-0.39, 0.29) is 5.91 Å². The second-order valence-electron chi connectivity index (χ2n) is 6.65. The maximum atomic E-state index is 12.9. The van der Waals surface area contributed by atoms with Crippen LogP contribution in [0.2, 0.25) is 0 Å². The van der Waals surface area contributed by atoms with Crippen LogP contribution in [0.5, 0.6) is 5.88 Å².